The maximum absolute atomic E-state index is 13.1. The summed E-state index contributed by atoms with van der Waals surface area (Å²) < 4.78 is 28.7. The summed E-state index contributed by atoms with van der Waals surface area (Å²) in [6.07, 6.45) is 13.3. The summed E-state index contributed by atoms with van der Waals surface area (Å²) >= 11 is 0. The summed E-state index contributed by atoms with van der Waals surface area (Å²) in [6, 6.07) is 13.9. The van der Waals surface area contributed by atoms with Crippen LogP contribution in [0.4, 0.5) is 5.69 Å². The predicted molar refractivity (Wildman–Crippen MR) is 129 cm³/mol. The lowest BCUT2D eigenvalue weighted by Gasteiger charge is -2.14. The zero-order chi connectivity index (χ0) is 22.5. The molecule has 0 heterocycles. The molecule has 0 aliphatic rings. The highest BCUT2D eigenvalue weighted by molar-refractivity contribution is 7.92. The molecule has 5 heteroatoms. The van der Waals surface area contributed by atoms with E-state index in [-0.39, 0.29) is 5.78 Å². The Morgan fingerprint density at radius 3 is 1.97 bits per heavy atom. The van der Waals surface area contributed by atoms with Gasteiger partial charge in [0.2, 0.25) is 0 Å². The summed E-state index contributed by atoms with van der Waals surface area (Å²) in [5.74, 6) is -0.169. The summed E-state index contributed by atoms with van der Waals surface area (Å²) in [5.41, 5.74) is 1.52. The number of rotatable bonds is 15. The van der Waals surface area contributed by atoms with Crippen molar-refractivity contribution < 1.29 is 13.2 Å². The van der Waals surface area contributed by atoms with Crippen molar-refractivity contribution >= 4 is 21.5 Å². The van der Waals surface area contributed by atoms with Crippen molar-refractivity contribution in [2.24, 2.45) is 0 Å². The fourth-order valence-electron chi connectivity index (χ4n) is 3.85. The van der Waals surface area contributed by atoms with Gasteiger partial charge in [0, 0.05) is 5.56 Å². The van der Waals surface area contributed by atoms with Crippen molar-refractivity contribution in [1.29, 1.82) is 0 Å². The molecule has 0 saturated heterocycles. The monoisotopic (exact) mass is 443 g/mol. The molecule has 31 heavy (non-hydrogen) atoms. The molecule has 1 N–H and O–H groups in total. The second-order valence-corrected chi connectivity index (χ2v) is 9.90. The Bertz CT molecular complexity index is 922. The first-order valence-corrected chi connectivity index (χ1v) is 13.1. The molecule has 0 aromatic heterocycles. The normalized spacial score (nSPS) is 11.4. The van der Waals surface area contributed by atoms with Crippen LogP contribution in [0.15, 0.2) is 53.4 Å². The van der Waals surface area contributed by atoms with Crippen LogP contribution in [0.5, 0.6) is 0 Å². The topological polar surface area (TPSA) is 63.2 Å². The van der Waals surface area contributed by atoms with Gasteiger partial charge < -0.3 is 0 Å². The number of hydrogen-bond donors (Lipinski definition) is 1. The highest BCUT2D eigenvalue weighted by Gasteiger charge is 2.20. The van der Waals surface area contributed by atoms with Crippen molar-refractivity contribution in [2.75, 3.05) is 4.72 Å². The van der Waals surface area contributed by atoms with Gasteiger partial charge in [0.15, 0.2) is 5.78 Å². The van der Waals surface area contributed by atoms with E-state index in [4.69, 9.17) is 0 Å². The van der Waals surface area contributed by atoms with E-state index < -0.39 is 10.0 Å². The number of Topliss-reactive ketones (excluding diaryl/α,β-unsaturated/α-hetero) is 1. The van der Waals surface area contributed by atoms with Gasteiger partial charge in [0.05, 0.1) is 10.6 Å². The van der Waals surface area contributed by atoms with Gasteiger partial charge in [-0.25, -0.2) is 8.42 Å². The van der Waals surface area contributed by atoms with E-state index in [2.05, 4.69) is 11.6 Å². The summed E-state index contributed by atoms with van der Waals surface area (Å²) in [6.45, 7) is 3.68. The van der Waals surface area contributed by atoms with Gasteiger partial charge in [0.1, 0.15) is 0 Å². The molecular formula is C26H37NO3S. The zero-order valence-corrected chi connectivity index (χ0v) is 19.8. The van der Waals surface area contributed by atoms with Crippen molar-refractivity contribution in [3.63, 3.8) is 0 Å². The molecule has 2 aromatic rings. The van der Waals surface area contributed by atoms with E-state index in [1.807, 2.05) is 12.1 Å². The summed E-state index contributed by atoms with van der Waals surface area (Å²) in [5, 5.41) is 0. The number of unbranched alkanes of at least 4 members (excludes halogenated alkanes) is 9. The van der Waals surface area contributed by atoms with Crippen molar-refractivity contribution in [3.8, 4) is 0 Å². The molecule has 4 nitrogen and oxygen atoms in total. The Morgan fingerprint density at radius 1 is 0.774 bits per heavy atom. The molecule has 2 rings (SSSR count). The fraction of sp³-hybridized carbons (Fsp3) is 0.500. The van der Waals surface area contributed by atoms with Crippen LogP contribution >= 0.6 is 0 Å². The van der Waals surface area contributed by atoms with E-state index in [9.17, 15) is 13.2 Å². The number of nitrogens with one attached hydrogen (secondary N) is 1. The van der Waals surface area contributed by atoms with Crippen LogP contribution in [-0.2, 0) is 16.4 Å². The quantitative estimate of drug-likeness (QED) is 0.235. The lowest BCUT2D eigenvalue weighted by Crippen LogP contribution is -2.16. The molecule has 0 bridgehead atoms. The van der Waals surface area contributed by atoms with Crippen LogP contribution < -0.4 is 4.72 Å². The third-order valence-electron chi connectivity index (χ3n) is 5.61. The van der Waals surface area contributed by atoms with Gasteiger partial charge in [0.25, 0.3) is 10.0 Å². The second kappa shape index (κ2) is 13.3. The number of ketones is 1. The number of anilines is 1. The summed E-state index contributed by atoms with van der Waals surface area (Å²) in [7, 11) is -3.76. The Kier molecular flexibility index (Phi) is 10.8. The number of sulfonamides is 1. The van der Waals surface area contributed by atoms with Crippen molar-refractivity contribution in [2.45, 2.75) is 89.4 Å². The van der Waals surface area contributed by atoms with Crippen LogP contribution in [0.3, 0.4) is 0 Å². The van der Waals surface area contributed by atoms with Gasteiger partial charge in [-0.1, -0.05) is 95.0 Å². The average molecular weight is 444 g/mol. The van der Waals surface area contributed by atoms with Crippen molar-refractivity contribution in [1.82, 2.24) is 0 Å². The highest BCUT2D eigenvalue weighted by Crippen LogP contribution is 2.24. The first-order valence-electron chi connectivity index (χ1n) is 11.7. The van der Waals surface area contributed by atoms with Crippen LogP contribution in [0.2, 0.25) is 0 Å². The van der Waals surface area contributed by atoms with E-state index in [1.54, 1.807) is 36.4 Å². The zero-order valence-electron chi connectivity index (χ0n) is 19.0. The van der Waals surface area contributed by atoms with E-state index in [1.165, 1.54) is 58.3 Å². The van der Waals surface area contributed by atoms with Crippen molar-refractivity contribution in [3.05, 3.63) is 59.7 Å². The fourth-order valence-corrected chi connectivity index (χ4v) is 5.20. The molecule has 0 amide bonds. The predicted octanol–water partition coefficient (Wildman–Crippen LogP) is 7.15. The van der Waals surface area contributed by atoms with Gasteiger partial charge in [-0.3, -0.25) is 9.52 Å². The number of carbonyl (C=O) groups excluding carboxylic acids is 1. The molecule has 0 fully saturated rings. The molecular weight excluding hydrogens is 406 g/mol. The third kappa shape index (κ3) is 8.48. The maximum atomic E-state index is 13.1. The van der Waals surface area contributed by atoms with Crippen LogP contribution in [0.25, 0.3) is 0 Å². The highest BCUT2D eigenvalue weighted by atomic mass is 32.2. The standard InChI is InChI=1S/C26H37NO3S/c1-3-4-5-6-7-8-9-10-11-12-17-23-18-13-16-21-26(23)31(29,30)27-25-20-15-14-19-24(25)22(2)28/h13-16,18-21,27H,3-12,17H2,1-2H3. The minimum absolute atomic E-state index is 0.169. The minimum atomic E-state index is -3.76. The Hall–Kier alpha value is -2.14. The first kappa shape index (κ1) is 25.1. The van der Waals surface area contributed by atoms with Gasteiger partial charge in [-0.2, -0.15) is 0 Å². The molecule has 0 aliphatic carbocycles. The van der Waals surface area contributed by atoms with Crippen LogP contribution in [-0.4, -0.2) is 14.2 Å². The Balaban J connectivity index is 1.89. The number of hydrogen-bond acceptors (Lipinski definition) is 3. The second-order valence-electron chi connectivity index (χ2n) is 8.25. The first-order chi connectivity index (χ1) is 15.0. The molecule has 0 atom stereocenters. The van der Waals surface area contributed by atoms with E-state index in [0.717, 1.165) is 24.8 Å². The minimum Gasteiger partial charge on any atom is -0.294 e. The molecule has 0 unspecified atom stereocenters. The number of benzene rings is 2. The van der Waals surface area contributed by atoms with Crippen LogP contribution in [0, 0.1) is 0 Å². The van der Waals surface area contributed by atoms with Gasteiger partial charge in [-0.15, -0.1) is 0 Å². The Morgan fingerprint density at radius 2 is 1.32 bits per heavy atom. The molecule has 0 radical (unpaired) electrons. The smallest absolute Gasteiger partial charge is 0.262 e. The largest absolute Gasteiger partial charge is 0.294 e. The molecule has 2 aromatic carbocycles. The average Bonchev–Trinajstić information content (AvgIpc) is 2.75. The molecule has 170 valence electrons. The molecule has 0 saturated carbocycles. The third-order valence-corrected chi connectivity index (χ3v) is 7.08. The molecule has 0 spiro atoms. The van der Waals surface area contributed by atoms with Gasteiger partial charge in [-0.05, 0) is 43.5 Å². The van der Waals surface area contributed by atoms with E-state index >= 15 is 0 Å². The molecule has 0 aliphatic heterocycles. The lowest BCUT2D eigenvalue weighted by atomic mass is 10.0. The summed E-state index contributed by atoms with van der Waals surface area (Å²) in [4.78, 5) is 12.1. The van der Waals surface area contributed by atoms with Crippen LogP contribution in [0.1, 0.15) is 94.0 Å². The number of aryl methyl sites for hydroxylation is 1. The number of carbonyl (C=O) groups is 1. The SMILES string of the molecule is CCCCCCCCCCCCc1ccccc1S(=O)(=O)Nc1ccccc1C(C)=O. The van der Waals surface area contributed by atoms with Gasteiger partial charge >= 0.3 is 0 Å². The number of para-hydroxylation sites is 1. The lowest BCUT2D eigenvalue weighted by molar-refractivity contribution is 0.101. The Labute approximate surface area is 188 Å². The maximum Gasteiger partial charge on any atom is 0.262 e. The van der Waals surface area contributed by atoms with E-state index in [0.29, 0.717) is 16.1 Å².